The summed E-state index contributed by atoms with van der Waals surface area (Å²) in [7, 11) is 2.08. The molecule has 1 saturated heterocycles. The van der Waals surface area contributed by atoms with Gasteiger partial charge in [-0.25, -0.2) is 9.37 Å². The van der Waals surface area contributed by atoms with Crippen molar-refractivity contribution in [1.82, 2.24) is 14.8 Å². The van der Waals surface area contributed by atoms with Crippen molar-refractivity contribution in [2.45, 2.75) is 71.4 Å². The number of hydrogen-bond donors (Lipinski definition) is 0. The number of allylic oxidation sites excluding steroid dienone is 5. The largest absolute Gasteiger partial charge is 0.315 e. The van der Waals surface area contributed by atoms with Gasteiger partial charge in [0.05, 0.1) is 16.9 Å². The molecule has 0 N–H and O–H groups in total. The quantitative estimate of drug-likeness (QED) is 0.390. The Morgan fingerprint density at radius 2 is 1.91 bits per heavy atom. The Hall–Kier alpha value is -2.72. The monoisotopic (exact) mass is 473 g/mol. The van der Waals surface area contributed by atoms with Gasteiger partial charge in [-0.2, -0.15) is 0 Å². The van der Waals surface area contributed by atoms with E-state index in [4.69, 9.17) is 4.98 Å². The van der Waals surface area contributed by atoms with Gasteiger partial charge in [-0.1, -0.05) is 56.7 Å². The molecule has 0 unspecified atom stereocenters. The zero-order valence-electron chi connectivity index (χ0n) is 21.9. The Morgan fingerprint density at radius 1 is 1.11 bits per heavy atom. The SMILES string of the molecule is CCCC=C1C=CC=CN1C(=C(C)CC)c1ccc2cccc(CCC3(F)CCN(C)CC3)c2n1. The van der Waals surface area contributed by atoms with E-state index in [-0.39, 0.29) is 0 Å². The lowest BCUT2D eigenvalue weighted by Gasteiger charge is -2.34. The lowest BCUT2D eigenvalue weighted by atomic mass is 9.87. The number of piperidine rings is 1. The third-order valence-electron chi connectivity index (χ3n) is 7.48. The van der Waals surface area contributed by atoms with Gasteiger partial charge in [0, 0.05) is 30.4 Å². The molecule has 1 fully saturated rings. The fraction of sp³-hybridized carbons (Fsp3) is 0.452. The average Bonchev–Trinajstić information content (AvgIpc) is 2.89. The smallest absolute Gasteiger partial charge is 0.113 e. The molecule has 2 aromatic rings. The van der Waals surface area contributed by atoms with E-state index in [0.717, 1.165) is 60.2 Å². The summed E-state index contributed by atoms with van der Waals surface area (Å²) in [6.45, 7) is 8.28. The first-order chi connectivity index (χ1) is 16.9. The number of aromatic nitrogens is 1. The molecule has 1 aromatic carbocycles. The number of pyridine rings is 1. The highest BCUT2D eigenvalue weighted by Gasteiger charge is 2.33. The van der Waals surface area contributed by atoms with Gasteiger partial charge in [0.2, 0.25) is 0 Å². The second kappa shape index (κ2) is 11.3. The maximum atomic E-state index is 15.5. The van der Waals surface area contributed by atoms with Gasteiger partial charge in [-0.15, -0.1) is 0 Å². The van der Waals surface area contributed by atoms with E-state index in [9.17, 15) is 0 Å². The van der Waals surface area contributed by atoms with Crippen molar-refractivity contribution >= 4 is 16.6 Å². The van der Waals surface area contributed by atoms with Gasteiger partial charge in [-0.05, 0) is 81.9 Å². The van der Waals surface area contributed by atoms with Gasteiger partial charge >= 0.3 is 0 Å². The fourth-order valence-electron chi connectivity index (χ4n) is 5.00. The van der Waals surface area contributed by atoms with Crippen LogP contribution in [0, 0.1) is 0 Å². The molecular formula is C31H40FN3. The highest BCUT2D eigenvalue weighted by Crippen LogP contribution is 2.34. The number of rotatable bonds is 8. The predicted octanol–water partition coefficient (Wildman–Crippen LogP) is 7.81. The summed E-state index contributed by atoms with van der Waals surface area (Å²) >= 11 is 0. The first-order valence-corrected chi connectivity index (χ1v) is 13.2. The van der Waals surface area contributed by atoms with Crippen LogP contribution in [-0.2, 0) is 6.42 Å². The van der Waals surface area contributed by atoms with E-state index in [1.54, 1.807) is 0 Å². The van der Waals surface area contributed by atoms with E-state index in [1.807, 2.05) is 0 Å². The Balaban J connectivity index is 1.69. The molecule has 2 aliphatic heterocycles. The average molecular weight is 474 g/mol. The summed E-state index contributed by atoms with van der Waals surface area (Å²) in [6, 6.07) is 10.6. The molecule has 35 heavy (non-hydrogen) atoms. The molecule has 2 aliphatic rings. The van der Waals surface area contributed by atoms with Crippen molar-refractivity contribution in [2.24, 2.45) is 0 Å². The Morgan fingerprint density at radius 3 is 2.66 bits per heavy atom. The lowest BCUT2D eigenvalue weighted by molar-refractivity contribution is 0.0617. The van der Waals surface area contributed by atoms with Crippen LogP contribution in [0.4, 0.5) is 4.39 Å². The third-order valence-corrected chi connectivity index (χ3v) is 7.48. The number of para-hydroxylation sites is 1. The van der Waals surface area contributed by atoms with E-state index >= 15 is 4.39 Å². The molecular weight excluding hydrogens is 433 g/mol. The van der Waals surface area contributed by atoms with Crippen LogP contribution >= 0.6 is 0 Å². The molecule has 4 rings (SSSR count). The normalized spacial score (nSPS) is 20.0. The van der Waals surface area contributed by atoms with Crippen LogP contribution in [0.1, 0.15) is 70.6 Å². The first-order valence-electron chi connectivity index (χ1n) is 13.2. The fourth-order valence-corrected chi connectivity index (χ4v) is 5.00. The van der Waals surface area contributed by atoms with Gasteiger partial charge in [-0.3, -0.25) is 0 Å². The van der Waals surface area contributed by atoms with Crippen LogP contribution < -0.4 is 0 Å². The second-order valence-corrected chi connectivity index (χ2v) is 10.1. The summed E-state index contributed by atoms with van der Waals surface area (Å²) in [4.78, 5) is 9.72. The standard InChI is InChI=1S/C31H40FN3/c1-5-7-13-27-14-8-9-21-35(27)30(24(3)6-2)28-16-15-25-11-10-12-26(29(25)33-28)17-18-31(32)19-22-34(4)23-20-31/h8-16,21H,5-7,17-20,22-23H2,1-4H3. The number of halogens is 1. The minimum atomic E-state index is -1.07. The highest BCUT2D eigenvalue weighted by molar-refractivity contribution is 5.84. The van der Waals surface area contributed by atoms with Crippen LogP contribution in [0.2, 0.25) is 0 Å². The number of aryl methyl sites for hydroxylation is 1. The first kappa shape index (κ1) is 25.4. The number of fused-ring (bicyclic) bond motifs is 1. The molecule has 0 saturated carbocycles. The zero-order valence-corrected chi connectivity index (χ0v) is 21.9. The maximum absolute atomic E-state index is 15.5. The summed E-state index contributed by atoms with van der Waals surface area (Å²) in [6.07, 6.45) is 16.4. The van der Waals surface area contributed by atoms with Crippen LogP contribution in [0.15, 0.2) is 72.1 Å². The molecule has 3 heterocycles. The Kier molecular flexibility index (Phi) is 8.22. The van der Waals surface area contributed by atoms with E-state index in [2.05, 4.69) is 98.5 Å². The van der Waals surface area contributed by atoms with E-state index in [0.29, 0.717) is 25.7 Å². The van der Waals surface area contributed by atoms with Crippen LogP contribution in [0.5, 0.6) is 0 Å². The molecule has 0 spiro atoms. The second-order valence-electron chi connectivity index (χ2n) is 10.1. The van der Waals surface area contributed by atoms with E-state index in [1.165, 1.54) is 11.3 Å². The highest BCUT2D eigenvalue weighted by atomic mass is 19.1. The summed E-state index contributed by atoms with van der Waals surface area (Å²) in [5.74, 6) is 0. The molecule has 3 nitrogen and oxygen atoms in total. The minimum Gasteiger partial charge on any atom is -0.315 e. The van der Waals surface area contributed by atoms with Gasteiger partial charge in [0.25, 0.3) is 0 Å². The molecule has 0 amide bonds. The Labute approximate surface area is 210 Å². The van der Waals surface area contributed by atoms with Gasteiger partial charge in [0.1, 0.15) is 5.67 Å². The van der Waals surface area contributed by atoms with Crippen molar-refractivity contribution in [3.63, 3.8) is 0 Å². The molecule has 0 bridgehead atoms. The minimum absolute atomic E-state index is 0.562. The van der Waals surface area contributed by atoms with Crippen molar-refractivity contribution in [3.05, 3.63) is 83.4 Å². The number of unbranched alkanes of at least 4 members (excludes halogenated alkanes) is 1. The molecule has 1 aromatic heterocycles. The molecule has 4 heteroatoms. The molecule has 0 atom stereocenters. The van der Waals surface area contributed by atoms with Crippen LogP contribution in [0.3, 0.4) is 0 Å². The summed E-state index contributed by atoms with van der Waals surface area (Å²) in [5, 5.41) is 1.12. The number of alkyl halides is 1. The zero-order chi connectivity index (χ0) is 24.8. The van der Waals surface area contributed by atoms with E-state index < -0.39 is 5.67 Å². The van der Waals surface area contributed by atoms with Gasteiger partial charge in [0.15, 0.2) is 0 Å². The third kappa shape index (κ3) is 5.92. The van der Waals surface area contributed by atoms with Crippen LogP contribution in [-0.4, -0.2) is 40.6 Å². The number of benzene rings is 1. The van der Waals surface area contributed by atoms with Crippen LogP contribution in [0.25, 0.3) is 16.6 Å². The lowest BCUT2D eigenvalue weighted by Crippen LogP contribution is -2.40. The molecule has 0 radical (unpaired) electrons. The van der Waals surface area contributed by atoms with Crippen molar-refractivity contribution in [3.8, 4) is 0 Å². The molecule has 0 aliphatic carbocycles. The van der Waals surface area contributed by atoms with Gasteiger partial charge < -0.3 is 9.80 Å². The predicted molar refractivity (Wildman–Crippen MR) is 147 cm³/mol. The maximum Gasteiger partial charge on any atom is 0.113 e. The number of nitrogens with zero attached hydrogens (tertiary/aromatic N) is 3. The number of likely N-dealkylation sites (tertiary alicyclic amines) is 1. The van der Waals surface area contributed by atoms with Crippen molar-refractivity contribution < 1.29 is 4.39 Å². The summed E-state index contributed by atoms with van der Waals surface area (Å²) in [5.41, 5.74) is 5.67. The van der Waals surface area contributed by atoms with Crippen molar-refractivity contribution in [1.29, 1.82) is 0 Å². The van der Waals surface area contributed by atoms with Crippen molar-refractivity contribution in [2.75, 3.05) is 20.1 Å². The Bertz CT molecular complexity index is 1150. The molecule has 186 valence electrons. The summed E-state index contributed by atoms with van der Waals surface area (Å²) < 4.78 is 15.5. The number of hydrogen-bond acceptors (Lipinski definition) is 3. The topological polar surface area (TPSA) is 19.4 Å².